The molecule has 0 amide bonds. The van der Waals surface area contributed by atoms with Crippen molar-refractivity contribution in [2.24, 2.45) is 23.7 Å². The fourth-order valence-electron chi connectivity index (χ4n) is 5.42. The summed E-state index contributed by atoms with van der Waals surface area (Å²) in [6, 6.07) is 0. The molecule has 0 heterocycles. The maximum atomic E-state index is 11.7. The van der Waals surface area contributed by atoms with Gasteiger partial charge in [-0.15, -0.1) is 0 Å². The third kappa shape index (κ3) is 1.76. The summed E-state index contributed by atoms with van der Waals surface area (Å²) in [5.74, 6) is 2.26. The van der Waals surface area contributed by atoms with Crippen molar-refractivity contribution in [2.75, 3.05) is 0 Å². The standard InChI is InChI=1S/C15H20Cl2O2/c1-8-12(18)15(16,17)13(8)19-14-5-9-2-10(6-14)4-11(3-9)7-14/h8-11,13H,2-7H2,1H3/t8-,9?,10?,11?,13-,14?/m0/s1. The van der Waals surface area contributed by atoms with Crippen LogP contribution in [0.25, 0.3) is 0 Å². The number of alkyl halides is 2. The van der Waals surface area contributed by atoms with E-state index in [0.717, 1.165) is 37.0 Å². The fourth-order valence-corrected chi connectivity index (χ4v) is 6.23. The Balaban J connectivity index is 1.55. The third-order valence-electron chi connectivity index (χ3n) is 5.91. The van der Waals surface area contributed by atoms with Crippen molar-refractivity contribution in [3.05, 3.63) is 0 Å². The summed E-state index contributed by atoms with van der Waals surface area (Å²) >= 11 is 12.3. The van der Waals surface area contributed by atoms with Crippen molar-refractivity contribution < 1.29 is 9.53 Å². The highest BCUT2D eigenvalue weighted by molar-refractivity contribution is 6.61. The Bertz CT molecular complexity index is 397. The number of carbonyl (C=O) groups is 1. The first-order valence-electron chi connectivity index (χ1n) is 7.49. The van der Waals surface area contributed by atoms with E-state index in [2.05, 4.69) is 0 Å². The van der Waals surface area contributed by atoms with Gasteiger partial charge in [-0.2, -0.15) is 0 Å². The molecule has 2 atom stereocenters. The van der Waals surface area contributed by atoms with Gasteiger partial charge >= 0.3 is 0 Å². The number of carbonyl (C=O) groups excluding carboxylic acids is 1. The Kier molecular flexibility index (Phi) is 2.65. The molecule has 0 unspecified atom stereocenters. The van der Waals surface area contributed by atoms with Crippen LogP contribution in [-0.4, -0.2) is 21.8 Å². The van der Waals surface area contributed by atoms with Crippen LogP contribution in [0.5, 0.6) is 0 Å². The van der Waals surface area contributed by atoms with Gasteiger partial charge in [0.1, 0.15) is 6.10 Å². The number of ether oxygens (including phenoxy) is 1. The number of halogens is 2. The molecule has 0 radical (unpaired) electrons. The molecule has 0 aromatic carbocycles. The van der Waals surface area contributed by atoms with Crippen molar-refractivity contribution in [3.8, 4) is 0 Å². The molecule has 2 nitrogen and oxygen atoms in total. The number of hydrogen-bond acceptors (Lipinski definition) is 2. The van der Waals surface area contributed by atoms with Crippen molar-refractivity contribution in [2.45, 2.75) is 61.5 Å². The van der Waals surface area contributed by atoms with Crippen LogP contribution >= 0.6 is 23.2 Å². The maximum absolute atomic E-state index is 11.7. The average molecular weight is 303 g/mol. The lowest BCUT2D eigenvalue weighted by Crippen LogP contribution is -2.65. The molecule has 0 aromatic heterocycles. The van der Waals surface area contributed by atoms with Crippen LogP contribution in [0.3, 0.4) is 0 Å². The van der Waals surface area contributed by atoms with E-state index in [1.807, 2.05) is 6.92 Å². The fraction of sp³-hybridized carbons (Fsp3) is 0.933. The first-order valence-corrected chi connectivity index (χ1v) is 8.25. The lowest BCUT2D eigenvalue weighted by Gasteiger charge is -2.59. The maximum Gasteiger partial charge on any atom is 0.202 e. The largest absolute Gasteiger partial charge is 0.367 e. The van der Waals surface area contributed by atoms with Gasteiger partial charge in [-0.25, -0.2) is 0 Å². The van der Waals surface area contributed by atoms with E-state index in [0.29, 0.717) is 0 Å². The highest BCUT2D eigenvalue weighted by atomic mass is 35.5. The Hall–Kier alpha value is 0.210. The molecule has 0 aliphatic heterocycles. The minimum atomic E-state index is -1.30. The zero-order valence-electron chi connectivity index (χ0n) is 11.2. The van der Waals surface area contributed by atoms with Crippen molar-refractivity contribution in [3.63, 3.8) is 0 Å². The van der Waals surface area contributed by atoms with Crippen molar-refractivity contribution >= 4 is 29.0 Å². The molecule has 5 rings (SSSR count). The summed E-state index contributed by atoms with van der Waals surface area (Å²) in [6.45, 7) is 1.89. The van der Waals surface area contributed by atoms with Gasteiger partial charge in [0.25, 0.3) is 0 Å². The predicted octanol–water partition coefficient (Wildman–Crippen LogP) is 3.73. The topological polar surface area (TPSA) is 26.3 Å². The number of rotatable bonds is 2. The summed E-state index contributed by atoms with van der Waals surface area (Å²) in [6.07, 6.45) is 7.30. The Morgan fingerprint density at radius 3 is 1.95 bits per heavy atom. The minimum Gasteiger partial charge on any atom is -0.367 e. The van der Waals surface area contributed by atoms with E-state index in [4.69, 9.17) is 27.9 Å². The lowest BCUT2D eigenvalue weighted by molar-refractivity contribution is -0.214. The van der Waals surface area contributed by atoms with Gasteiger partial charge in [-0.3, -0.25) is 4.79 Å². The summed E-state index contributed by atoms with van der Waals surface area (Å²) in [7, 11) is 0. The number of Topliss-reactive ketones (excluding diaryl/α,β-unsaturated/α-hetero) is 1. The molecular weight excluding hydrogens is 283 g/mol. The van der Waals surface area contributed by atoms with Crippen LogP contribution in [0.1, 0.15) is 45.4 Å². The number of hydrogen-bond donors (Lipinski definition) is 0. The average Bonchev–Trinajstić information content (AvgIpc) is 2.33. The van der Waals surface area contributed by atoms with E-state index in [9.17, 15) is 4.79 Å². The molecule has 4 heteroatoms. The third-order valence-corrected chi connectivity index (χ3v) is 6.72. The van der Waals surface area contributed by atoms with Gasteiger partial charge in [0, 0.05) is 5.92 Å². The van der Waals surface area contributed by atoms with E-state index < -0.39 is 4.33 Å². The van der Waals surface area contributed by atoms with E-state index in [1.54, 1.807) is 0 Å². The zero-order chi connectivity index (χ0) is 13.4. The molecule has 19 heavy (non-hydrogen) atoms. The van der Waals surface area contributed by atoms with Gasteiger partial charge in [-0.1, -0.05) is 30.1 Å². The van der Waals surface area contributed by atoms with Crippen LogP contribution in [0.2, 0.25) is 0 Å². The normalized spacial score (nSPS) is 54.3. The second-order valence-corrected chi connectivity index (χ2v) is 8.80. The Morgan fingerprint density at radius 1 is 1.05 bits per heavy atom. The van der Waals surface area contributed by atoms with Gasteiger partial charge in [0.2, 0.25) is 4.33 Å². The molecule has 0 saturated heterocycles. The van der Waals surface area contributed by atoms with Crippen LogP contribution in [0, 0.1) is 23.7 Å². The summed E-state index contributed by atoms with van der Waals surface area (Å²) in [5.41, 5.74) is -0.0244. The first-order chi connectivity index (χ1) is 8.90. The molecule has 5 saturated carbocycles. The van der Waals surface area contributed by atoms with Crippen molar-refractivity contribution in [1.29, 1.82) is 0 Å². The molecule has 0 aromatic rings. The predicted molar refractivity (Wildman–Crippen MR) is 74.4 cm³/mol. The summed E-state index contributed by atoms with van der Waals surface area (Å²) < 4.78 is 5.10. The minimum absolute atomic E-state index is 0.0244. The van der Waals surface area contributed by atoms with Gasteiger partial charge in [0.05, 0.1) is 5.60 Å². The molecule has 4 bridgehead atoms. The quantitative estimate of drug-likeness (QED) is 0.727. The first kappa shape index (κ1) is 12.9. The van der Waals surface area contributed by atoms with Crippen molar-refractivity contribution in [1.82, 2.24) is 0 Å². The highest BCUT2D eigenvalue weighted by Gasteiger charge is 2.63. The highest BCUT2D eigenvalue weighted by Crippen LogP contribution is 2.59. The monoisotopic (exact) mass is 302 g/mol. The lowest BCUT2D eigenvalue weighted by atomic mass is 9.54. The van der Waals surface area contributed by atoms with Crippen LogP contribution < -0.4 is 0 Å². The zero-order valence-corrected chi connectivity index (χ0v) is 12.7. The second-order valence-electron chi connectivity index (χ2n) is 7.41. The molecule has 5 aliphatic rings. The summed E-state index contributed by atoms with van der Waals surface area (Å²) in [4.78, 5) is 11.7. The Morgan fingerprint density at radius 2 is 1.53 bits per heavy atom. The van der Waals surface area contributed by atoms with Crippen LogP contribution in [0.4, 0.5) is 0 Å². The van der Waals surface area contributed by atoms with E-state index in [-0.39, 0.29) is 23.4 Å². The molecule has 0 spiro atoms. The second kappa shape index (κ2) is 3.90. The van der Waals surface area contributed by atoms with Gasteiger partial charge < -0.3 is 4.74 Å². The van der Waals surface area contributed by atoms with E-state index >= 15 is 0 Å². The Labute approximate surface area is 124 Å². The number of ketones is 1. The summed E-state index contributed by atoms with van der Waals surface area (Å²) in [5, 5.41) is 0. The van der Waals surface area contributed by atoms with Gasteiger partial charge in [0.15, 0.2) is 5.78 Å². The van der Waals surface area contributed by atoms with Gasteiger partial charge in [-0.05, 0) is 56.3 Å². The molecule has 5 aliphatic carbocycles. The molecule has 5 fully saturated rings. The van der Waals surface area contributed by atoms with Crippen LogP contribution in [-0.2, 0) is 9.53 Å². The molecular formula is C15H20Cl2O2. The molecule has 106 valence electrons. The van der Waals surface area contributed by atoms with Crippen LogP contribution in [0.15, 0.2) is 0 Å². The SMILES string of the molecule is C[C@H]1C(=O)C(Cl)(Cl)[C@H]1OC12CC3CC(CC(C3)C1)C2. The molecule has 0 N–H and O–H groups in total. The van der Waals surface area contributed by atoms with E-state index in [1.165, 1.54) is 19.3 Å². The smallest absolute Gasteiger partial charge is 0.202 e.